The number of hydrogen-bond acceptors (Lipinski definition) is 4. The molecule has 0 spiro atoms. The topological polar surface area (TPSA) is 33.2 Å². The van der Waals surface area contributed by atoms with Gasteiger partial charge >= 0.3 is 0 Å². The van der Waals surface area contributed by atoms with Crippen LogP contribution in [0.2, 0.25) is 5.02 Å². The predicted octanol–water partition coefficient (Wildman–Crippen LogP) is 3.50. The van der Waals surface area contributed by atoms with Crippen LogP contribution in [0.4, 0.5) is 0 Å². The van der Waals surface area contributed by atoms with E-state index in [2.05, 4.69) is 9.88 Å². The largest absolute Gasteiger partial charge is 0.300 e. The van der Waals surface area contributed by atoms with Crippen LogP contribution < -0.4 is 0 Å². The summed E-state index contributed by atoms with van der Waals surface area (Å²) in [5.41, 5.74) is 3.58. The summed E-state index contributed by atoms with van der Waals surface area (Å²) in [6, 6.07) is 7.03. The van der Waals surface area contributed by atoms with Gasteiger partial charge in [-0.25, -0.2) is 4.98 Å². The molecule has 19 heavy (non-hydrogen) atoms. The zero-order valence-corrected chi connectivity index (χ0v) is 12.2. The number of ketones is 1. The third kappa shape index (κ3) is 4.42. The molecule has 0 radical (unpaired) electrons. The van der Waals surface area contributed by atoms with E-state index in [0.717, 1.165) is 18.8 Å². The molecule has 0 bridgehead atoms. The number of nitrogens with zero attached hydrogens (tertiary/aromatic N) is 2. The molecule has 0 saturated heterocycles. The molecule has 0 aliphatic carbocycles. The zero-order chi connectivity index (χ0) is 13.7. The van der Waals surface area contributed by atoms with Gasteiger partial charge in [-0.1, -0.05) is 11.6 Å². The second-order valence-electron chi connectivity index (χ2n) is 4.40. The van der Waals surface area contributed by atoms with E-state index in [-0.39, 0.29) is 5.78 Å². The summed E-state index contributed by atoms with van der Waals surface area (Å²) in [5, 5.41) is 2.68. The van der Waals surface area contributed by atoms with Crippen molar-refractivity contribution in [1.82, 2.24) is 9.88 Å². The van der Waals surface area contributed by atoms with Crippen molar-refractivity contribution in [3.05, 3.63) is 51.4 Å². The number of Topliss-reactive ketones (excluding diaryl/α,β-unsaturated/α-hetero) is 1. The number of carbonyl (C=O) groups excluding carboxylic acids is 1. The number of halogens is 1. The van der Waals surface area contributed by atoms with E-state index >= 15 is 0 Å². The minimum absolute atomic E-state index is 0.141. The summed E-state index contributed by atoms with van der Waals surface area (Å²) >= 11 is 7.38. The summed E-state index contributed by atoms with van der Waals surface area (Å²) < 4.78 is 0. The van der Waals surface area contributed by atoms with Crippen LogP contribution in [0.5, 0.6) is 0 Å². The molecular formula is C14H15ClN2OS. The fourth-order valence-corrected chi connectivity index (χ4v) is 2.42. The van der Waals surface area contributed by atoms with Crippen LogP contribution in [0.25, 0.3) is 0 Å². The molecule has 0 N–H and O–H groups in total. The van der Waals surface area contributed by atoms with Gasteiger partial charge in [-0.15, -0.1) is 11.3 Å². The van der Waals surface area contributed by atoms with Crippen molar-refractivity contribution < 1.29 is 4.79 Å². The second-order valence-corrected chi connectivity index (χ2v) is 5.55. The number of benzene rings is 1. The van der Waals surface area contributed by atoms with Gasteiger partial charge in [0.2, 0.25) is 0 Å². The van der Waals surface area contributed by atoms with Crippen molar-refractivity contribution in [2.24, 2.45) is 0 Å². The fourth-order valence-electron chi connectivity index (χ4n) is 1.74. The molecule has 0 saturated carbocycles. The first-order chi connectivity index (χ1) is 9.15. The molecule has 100 valence electrons. The SMILES string of the molecule is CN(CCC(=O)c1ccc(Cl)cc1)Cc1cscn1. The van der Waals surface area contributed by atoms with Gasteiger partial charge in [0.1, 0.15) is 0 Å². The second kappa shape index (κ2) is 6.80. The van der Waals surface area contributed by atoms with Crippen molar-refractivity contribution in [2.45, 2.75) is 13.0 Å². The first-order valence-electron chi connectivity index (χ1n) is 5.99. The van der Waals surface area contributed by atoms with E-state index < -0.39 is 0 Å². The van der Waals surface area contributed by atoms with Crippen LogP contribution in [-0.2, 0) is 6.54 Å². The molecule has 5 heteroatoms. The summed E-state index contributed by atoms with van der Waals surface area (Å²) in [5.74, 6) is 0.141. The summed E-state index contributed by atoms with van der Waals surface area (Å²) in [4.78, 5) is 18.3. The van der Waals surface area contributed by atoms with E-state index in [1.165, 1.54) is 0 Å². The number of thiazole rings is 1. The Morgan fingerprint density at radius 1 is 1.37 bits per heavy atom. The Kier molecular flexibility index (Phi) is 5.07. The Morgan fingerprint density at radius 2 is 2.11 bits per heavy atom. The van der Waals surface area contributed by atoms with E-state index in [9.17, 15) is 4.79 Å². The first-order valence-corrected chi connectivity index (χ1v) is 7.31. The van der Waals surface area contributed by atoms with Gasteiger partial charge in [-0.3, -0.25) is 4.79 Å². The lowest BCUT2D eigenvalue weighted by Gasteiger charge is -2.14. The highest BCUT2D eigenvalue weighted by molar-refractivity contribution is 7.07. The van der Waals surface area contributed by atoms with Gasteiger partial charge < -0.3 is 4.90 Å². The lowest BCUT2D eigenvalue weighted by Crippen LogP contribution is -2.21. The maximum atomic E-state index is 12.0. The van der Waals surface area contributed by atoms with E-state index in [0.29, 0.717) is 17.0 Å². The van der Waals surface area contributed by atoms with Crippen LogP contribution in [0.1, 0.15) is 22.5 Å². The number of aromatic nitrogens is 1. The minimum Gasteiger partial charge on any atom is -0.300 e. The van der Waals surface area contributed by atoms with Crippen LogP contribution in [0.15, 0.2) is 35.2 Å². The standard InChI is InChI=1S/C14H15ClN2OS/c1-17(8-13-9-19-10-16-13)7-6-14(18)11-2-4-12(15)5-3-11/h2-5,9-10H,6-8H2,1H3. The lowest BCUT2D eigenvalue weighted by atomic mass is 10.1. The Morgan fingerprint density at radius 3 is 2.74 bits per heavy atom. The van der Waals surface area contributed by atoms with Crippen LogP contribution >= 0.6 is 22.9 Å². The van der Waals surface area contributed by atoms with Crippen molar-refractivity contribution in [3.63, 3.8) is 0 Å². The van der Waals surface area contributed by atoms with E-state index in [1.54, 1.807) is 35.6 Å². The predicted molar refractivity (Wildman–Crippen MR) is 78.8 cm³/mol. The number of carbonyl (C=O) groups is 1. The summed E-state index contributed by atoms with van der Waals surface area (Å²) in [6.45, 7) is 1.50. The summed E-state index contributed by atoms with van der Waals surface area (Å²) in [7, 11) is 1.99. The molecular weight excluding hydrogens is 280 g/mol. The molecule has 0 fully saturated rings. The van der Waals surface area contributed by atoms with Gasteiger partial charge in [-0.2, -0.15) is 0 Å². The van der Waals surface area contributed by atoms with Gasteiger partial charge in [0.15, 0.2) is 5.78 Å². The van der Waals surface area contributed by atoms with E-state index in [4.69, 9.17) is 11.6 Å². The van der Waals surface area contributed by atoms with Gasteiger partial charge in [0.25, 0.3) is 0 Å². The number of rotatable bonds is 6. The van der Waals surface area contributed by atoms with Crippen LogP contribution in [0.3, 0.4) is 0 Å². The zero-order valence-electron chi connectivity index (χ0n) is 10.7. The highest BCUT2D eigenvalue weighted by atomic mass is 35.5. The highest BCUT2D eigenvalue weighted by Gasteiger charge is 2.08. The average Bonchev–Trinajstić information content (AvgIpc) is 2.89. The maximum absolute atomic E-state index is 12.0. The normalized spacial score (nSPS) is 10.9. The highest BCUT2D eigenvalue weighted by Crippen LogP contribution is 2.11. The minimum atomic E-state index is 0.141. The van der Waals surface area contributed by atoms with E-state index in [1.807, 2.05) is 17.9 Å². The monoisotopic (exact) mass is 294 g/mol. The molecule has 1 heterocycles. The Balaban J connectivity index is 1.81. The van der Waals surface area contributed by atoms with Crippen molar-refractivity contribution in [1.29, 1.82) is 0 Å². The van der Waals surface area contributed by atoms with Gasteiger partial charge in [0, 0.05) is 35.5 Å². The fraction of sp³-hybridized carbons (Fsp3) is 0.286. The van der Waals surface area contributed by atoms with Crippen molar-refractivity contribution in [2.75, 3.05) is 13.6 Å². The average molecular weight is 295 g/mol. The summed E-state index contributed by atoms with van der Waals surface area (Å²) in [6.07, 6.45) is 0.502. The lowest BCUT2D eigenvalue weighted by molar-refractivity contribution is 0.0967. The molecule has 0 atom stereocenters. The third-order valence-electron chi connectivity index (χ3n) is 2.80. The molecule has 0 amide bonds. The molecule has 2 aromatic rings. The number of hydrogen-bond donors (Lipinski definition) is 0. The molecule has 1 aromatic carbocycles. The third-order valence-corrected chi connectivity index (χ3v) is 3.69. The Hall–Kier alpha value is -1.23. The smallest absolute Gasteiger partial charge is 0.164 e. The van der Waals surface area contributed by atoms with Crippen molar-refractivity contribution >= 4 is 28.7 Å². The van der Waals surface area contributed by atoms with Crippen molar-refractivity contribution in [3.8, 4) is 0 Å². The Labute approximate surface area is 121 Å². The van der Waals surface area contributed by atoms with Crippen LogP contribution in [0, 0.1) is 0 Å². The molecule has 2 rings (SSSR count). The molecule has 0 aliphatic heterocycles. The molecule has 0 aliphatic rings. The molecule has 1 aromatic heterocycles. The van der Waals surface area contributed by atoms with Gasteiger partial charge in [-0.05, 0) is 31.3 Å². The van der Waals surface area contributed by atoms with Crippen LogP contribution in [-0.4, -0.2) is 29.3 Å². The molecule has 3 nitrogen and oxygen atoms in total. The first kappa shape index (κ1) is 14.2. The molecule has 0 unspecified atom stereocenters. The van der Waals surface area contributed by atoms with Gasteiger partial charge in [0.05, 0.1) is 11.2 Å². The maximum Gasteiger partial charge on any atom is 0.164 e. The quantitative estimate of drug-likeness (QED) is 0.765. The Bertz CT molecular complexity index is 525.